The van der Waals surface area contributed by atoms with Crippen LogP contribution in [0.15, 0.2) is 24.3 Å². The molecule has 0 aliphatic rings. The molecule has 0 atom stereocenters. The third-order valence-corrected chi connectivity index (χ3v) is 1.63. The molecule has 64 valence electrons. The molecule has 2 heteroatoms. The molecule has 12 heavy (non-hydrogen) atoms. The van der Waals surface area contributed by atoms with Crippen molar-refractivity contribution >= 4 is 6.08 Å². The van der Waals surface area contributed by atoms with Crippen LogP contribution in [0, 0.1) is 0 Å². The van der Waals surface area contributed by atoms with Gasteiger partial charge in [0.1, 0.15) is 5.75 Å². The molecule has 0 fully saturated rings. The van der Waals surface area contributed by atoms with Crippen LogP contribution in [0.25, 0.3) is 6.08 Å². The smallest absolute Gasteiger partial charge is 0.121 e. The van der Waals surface area contributed by atoms with Gasteiger partial charge in [-0.1, -0.05) is 18.2 Å². The van der Waals surface area contributed by atoms with Crippen molar-refractivity contribution in [2.45, 2.75) is 13.5 Å². The molecule has 0 bridgehead atoms. The Morgan fingerprint density at radius 2 is 2.17 bits per heavy atom. The Balaban J connectivity index is 3.05. The summed E-state index contributed by atoms with van der Waals surface area (Å²) >= 11 is 0. The number of benzene rings is 1. The summed E-state index contributed by atoms with van der Waals surface area (Å²) in [5.41, 5.74) is 1.55. The summed E-state index contributed by atoms with van der Waals surface area (Å²) in [6.07, 6.45) is 3.83. The van der Waals surface area contributed by atoms with Crippen LogP contribution in [0.1, 0.15) is 18.1 Å². The van der Waals surface area contributed by atoms with Crippen molar-refractivity contribution in [3.63, 3.8) is 0 Å². The molecule has 0 aromatic heterocycles. The van der Waals surface area contributed by atoms with E-state index in [1.54, 1.807) is 18.2 Å². The molecule has 2 nitrogen and oxygen atoms in total. The van der Waals surface area contributed by atoms with Crippen molar-refractivity contribution in [1.82, 2.24) is 0 Å². The van der Waals surface area contributed by atoms with Crippen LogP contribution in [-0.4, -0.2) is 10.2 Å². The maximum absolute atomic E-state index is 9.22. The van der Waals surface area contributed by atoms with E-state index in [0.29, 0.717) is 5.56 Å². The summed E-state index contributed by atoms with van der Waals surface area (Å²) in [6.45, 7) is 1.79. The number of aliphatic hydroxyl groups is 1. The van der Waals surface area contributed by atoms with Crippen molar-refractivity contribution in [3.8, 4) is 5.75 Å². The van der Waals surface area contributed by atoms with Gasteiger partial charge in [0.15, 0.2) is 0 Å². The molecule has 0 spiro atoms. The molecule has 1 rings (SSSR count). The van der Waals surface area contributed by atoms with E-state index in [4.69, 9.17) is 5.11 Å². The van der Waals surface area contributed by atoms with Gasteiger partial charge in [0.2, 0.25) is 0 Å². The average molecular weight is 164 g/mol. The standard InChI is InChI=1S/C10H12O2/c1-2-3-8-4-5-10(12)9(6-8)7-11/h2-6,11-12H,7H2,1H3/b3-2+. The van der Waals surface area contributed by atoms with Crippen LogP contribution >= 0.6 is 0 Å². The Bertz CT molecular complexity index is 290. The molecule has 2 N–H and O–H groups in total. The Hall–Kier alpha value is -1.28. The number of aromatic hydroxyl groups is 1. The number of hydrogen-bond donors (Lipinski definition) is 2. The maximum Gasteiger partial charge on any atom is 0.121 e. The van der Waals surface area contributed by atoms with E-state index >= 15 is 0 Å². The molecular formula is C10H12O2. The lowest BCUT2D eigenvalue weighted by Crippen LogP contribution is -1.84. The van der Waals surface area contributed by atoms with Crippen molar-refractivity contribution in [1.29, 1.82) is 0 Å². The van der Waals surface area contributed by atoms with E-state index in [2.05, 4.69) is 0 Å². The van der Waals surface area contributed by atoms with E-state index in [0.717, 1.165) is 5.56 Å². The maximum atomic E-state index is 9.22. The summed E-state index contributed by atoms with van der Waals surface area (Å²) in [4.78, 5) is 0. The zero-order valence-corrected chi connectivity index (χ0v) is 6.99. The Morgan fingerprint density at radius 3 is 2.75 bits per heavy atom. The highest BCUT2D eigenvalue weighted by Gasteiger charge is 1.98. The van der Waals surface area contributed by atoms with Gasteiger partial charge in [0.25, 0.3) is 0 Å². The predicted octanol–water partition coefficient (Wildman–Crippen LogP) is 1.92. The van der Waals surface area contributed by atoms with Crippen LogP contribution < -0.4 is 0 Å². The van der Waals surface area contributed by atoms with Gasteiger partial charge in [-0.15, -0.1) is 0 Å². The second-order valence-electron chi connectivity index (χ2n) is 2.55. The highest BCUT2D eigenvalue weighted by molar-refractivity contribution is 5.52. The number of aliphatic hydroxyl groups excluding tert-OH is 1. The van der Waals surface area contributed by atoms with Gasteiger partial charge < -0.3 is 10.2 Å². The monoisotopic (exact) mass is 164 g/mol. The largest absolute Gasteiger partial charge is 0.508 e. The first kappa shape index (κ1) is 8.81. The van der Waals surface area contributed by atoms with Gasteiger partial charge >= 0.3 is 0 Å². The minimum absolute atomic E-state index is 0.128. The topological polar surface area (TPSA) is 40.5 Å². The second kappa shape index (κ2) is 3.93. The van der Waals surface area contributed by atoms with Crippen LogP contribution in [0.2, 0.25) is 0 Å². The minimum atomic E-state index is -0.128. The summed E-state index contributed by atoms with van der Waals surface area (Å²) in [5.74, 6) is 0.144. The van der Waals surface area contributed by atoms with E-state index in [-0.39, 0.29) is 12.4 Å². The van der Waals surface area contributed by atoms with Crippen LogP contribution in [0.3, 0.4) is 0 Å². The minimum Gasteiger partial charge on any atom is -0.508 e. The van der Waals surface area contributed by atoms with E-state index in [1.807, 2.05) is 19.1 Å². The van der Waals surface area contributed by atoms with Gasteiger partial charge in [-0.3, -0.25) is 0 Å². The fourth-order valence-electron chi connectivity index (χ4n) is 1.03. The third-order valence-electron chi connectivity index (χ3n) is 1.63. The van der Waals surface area contributed by atoms with Gasteiger partial charge in [-0.25, -0.2) is 0 Å². The summed E-state index contributed by atoms with van der Waals surface area (Å²) in [6, 6.07) is 5.14. The molecule has 0 amide bonds. The molecule has 1 aromatic carbocycles. The lowest BCUT2D eigenvalue weighted by Gasteiger charge is -2.01. The number of phenols is 1. The first-order valence-corrected chi connectivity index (χ1v) is 3.83. The molecule has 0 saturated heterocycles. The van der Waals surface area contributed by atoms with Gasteiger partial charge in [0.05, 0.1) is 6.61 Å². The van der Waals surface area contributed by atoms with E-state index in [1.165, 1.54) is 0 Å². The first-order valence-electron chi connectivity index (χ1n) is 3.83. The number of rotatable bonds is 2. The van der Waals surface area contributed by atoms with Gasteiger partial charge in [-0.2, -0.15) is 0 Å². The molecule has 0 unspecified atom stereocenters. The zero-order chi connectivity index (χ0) is 8.97. The lowest BCUT2D eigenvalue weighted by atomic mass is 10.1. The van der Waals surface area contributed by atoms with E-state index < -0.39 is 0 Å². The Morgan fingerprint density at radius 1 is 1.42 bits per heavy atom. The van der Waals surface area contributed by atoms with Crippen molar-refractivity contribution < 1.29 is 10.2 Å². The third kappa shape index (κ3) is 1.86. The molecule has 0 aliphatic carbocycles. The van der Waals surface area contributed by atoms with Crippen LogP contribution in [0.5, 0.6) is 5.75 Å². The number of allylic oxidation sites excluding steroid dienone is 1. The second-order valence-corrected chi connectivity index (χ2v) is 2.55. The normalized spacial score (nSPS) is 10.8. The first-order chi connectivity index (χ1) is 5.77. The zero-order valence-electron chi connectivity index (χ0n) is 6.99. The summed E-state index contributed by atoms with van der Waals surface area (Å²) in [5, 5.41) is 18.0. The molecular weight excluding hydrogens is 152 g/mol. The van der Waals surface area contributed by atoms with Gasteiger partial charge in [0, 0.05) is 5.56 Å². The Kier molecular flexibility index (Phi) is 2.88. The highest BCUT2D eigenvalue weighted by Crippen LogP contribution is 2.18. The summed E-state index contributed by atoms with van der Waals surface area (Å²) in [7, 11) is 0. The van der Waals surface area contributed by atoms with Crippen LogP contribution in [-0.2, 0) is 6.61 Å². The van der Waals surface area contributed by atoms with Crippen molar-refractivity contribution in [3.05, 3.63) is 35.4 Å². The number of hydrogen-bond acceptors (Lipinski definition) is 2. The highest BCUT2D eigenvalue weighted by atomic mass is 16.3. The quantitative estimate of drug-likeness (QED) is 0.701. The SMILES string of the molecule is C/C=C/c1ccc(O)c(CO)c1. The predicted molar refractivity (Wildman–Crippen MR) is 48.7 cm³/mol. The molecule has 1 aromatic rings. The fourth-order valence-corrected chi connectivity index (χ4v) is 1.03. The molecule has 0 aliphatic heterocycles. The van der Waals surface area contributed by atoms with Crippen molar-refractivity contribution in [2.24, 2.45) is 0 Å². The average Bonchev–Trinajstić information content (AvgIpc) is 2.09. The van der Waals surface area contributed by atoms with Crippen molar-refractivity contribution in [2.75, 3.05) is 0 Å². The Labute approximate surface area is 71.8 Å². The fraction of sp³-hybridized carbons (Fsp3) is 0.200. The molecule has 0 heterocycles. The summed E-state index contributed by atoms with van der Waals surface area (Å²) < 4.78 is 0. The van der Waals surface area contributed by atoms with Gasteiger partial charge in [-0.05, 0) is 24.6 Å². The van der Waals surface area contributed by atoms with E-state index in [9.17, 15) is 5.11 Å². The van der Waals surface area contributed by atoms with Crippen LogP contribution in [0.4, 0.5) is 0 Å². The molecule has 0 saturated carbocycles. The lowest BCUT2D eigenvalue weighted by molar-refractivity contribution is 0.275. The molecule has 0 radical (unpaired) electrons.